The molecule has 0 aliphatic carbocycles. The lowest BCUT2D eigenvalue weighted by Gasteiger charge is -2.29. The van der Waals surface area contributed by atoms with Gasteiger partial charge in [0, 0.05) is 0 Å². The van der Waals surface area contributed by atoms with Crippen LogP contribution in [0, 0.1) is 5.82 Å². The highest BCUT2D eigenvalue weighted by Gasteiger charge is 2.29. The number of ether oxygens (including phenoxy) is 1. The topological polar surface area (TPSA) is 58.6 Å². The van der Waals surface area contributed by atoms with Gasteiger partial charge in [-0.2, -0.15) is 0 Å². The van der Waals surface area contributed by atoms with E-state index < -0.39 is 0 Å². The molecule has 2 aromatic rings. The molecule has 1 saturated heterocycles. The molecule has 1 fully saturated rings. The van der Waals surface area contributed by atoms with E-state index in [1.54, 1.807) is 49.6 Å². The smallest absolute Gasteiger partial charge is 0.268 e. The number of halogens is 1. The van der Waals surface area contributed by atoms with E-state index in [0.29, 0.717) is 5.75 Å². The van der Waals surface area contributed by atoms with Crippen LogP contribution in [0.3, 0.4) is 0 Å². The molecule has 0 saturated carbocycles. The zero-order chi connectivity index (χ0) is 17.8. The molecule has 1 N–H and O–H groups in total. The van der Waals surface area contributed by atoms with Gasteiger partial charge in [0.25, 0.3) is 5.91 Å². The molecule has 0 bridgehead atoms. The lowest BCUT2D eigenvalue weighted by molar-refractivity contribution is -0.136. The Balaban J connectivity index is 1.91. The SMILES string of the molecule is COc1ccc(C=C2C(=O)NCC(=O)N2Cc2ccc(F)cc2)cc1. The molecule has 2 amide bonds. The number of nitrogens with zero attached hydrogens (tertiary/aromatic N) is 1. The average Bonchev–Trinajstić information content (AvgIpc) is 2.63. The van der Waals surface area contributed by atoms with E-state index in [1.165, 1.54) is 17.0 Å². The van der Waals surface area contributed by atoms with Crippen LogP contribution in [0.25, 0.3) is 6.08 Å². The van der Waals surface area contributed by atoms with E-state index in [0.717, 1.165) is 11.1 Å². The average molecular weight is 340 g/mol. The van der Waals surface area contributed by atoms with Crippen molar-refractivity contribution < 1.29 is 18.7 Å². The predicted octanol–water partition coefficient (Wildman–Crippen LogP) is 2.33. The summed E-state index contributed by atoms with van der Waals surface area (Å²) in [4.78, 5) is 26.0. The zero-order valence-corrected chi connectivity index (χ0v) is 13.7. The molecule has 0 aromatic heterocycles. The second-order valence-corrected chi connectivity index (χ2v) is 5.59. The van der Waals surface area contributed by atoms with Gasteiger partial charge < -0.3 is 15.0 Å². The van der Waals surface area contributed by atoms with Crippen LogP contribution in [-0.4, -0.2) is 30.4 Å². The van der Waals surface area contributed by atoms with Crippen molar-refractivity contribution in [3.63, 3.8) is 0 Å². The number of carbonyl (C=O) groups excluding carboxylic acids is 2. The Morgan fingerprint density at radius 1 is 1.12 bits per heavy atom. The number of rotatable bonds is 4. The summed E-state index contributed by atoms with van der Waals surface area (Å²) in [5, 5.41) is 2.57. The Kier molecular flexibility index (Phi) is 4.79. The monoisotopic (exact) mass is 340 g/mol. The van der Waals surface area contributed by atoms with Crippen LogP contribution in [0.2, 0.25) is 0 Å². The maximum absolute atomic E-state index is 13.1. The third-order valence-corrected chi connectivity index (χ3v) is 3.90. The number of methoxy groups -OCH3 is 1. The highest BCUT2D eigenvalue weighted by atomic mass is 19.1. The van der Waals surface area contributed by atoms with Crippen LogP contribution < -0.4 is 10.1 Å². The van der Waals surface area contributed by atoms with E-state index in [-0.39, 0.29) is 36.4 Å². The van der Waals surface area contributed by atoms with Gasteiger partial charge in [-0.1, -0.05) is 24.3 Å². The molecule has 2 aromatic carbocycles. The van der Waals surface area contributed by atoms with Crippen LogP contribution in [0.5, 0.6) is 5.75 Å². The zero-order valence-electron chi connectivity index (χ0n) is 13.7. The van der Waals surface area contributed by atoms with Crippen molar-refractivity contribution >= 4 is 17.9 Å². The van der Waals surface area contributed by atoms with Gasteiger partial charge in [0.1, 0.15) is 17.3 Å². The molecule has 5 nitrogen and oxygen atoms in total. The molecular weight excluding hydrogens is 323 g/mol. The quantitative estimate of drug-likeness (QED) is 0.869. The van der Waals surface area contributed by atoms with Crippen LogP contribution in [-0.2, 0) is 16.1 Å². The minimum atomic E-state index is -0.347. The van der Waals surface area contributed by atoms with Gasteiger partial charge in [-0.05, 0) is 41.5 Å². The number of hydrogen-bond donors (Lipinski definition) is 1. The number of piperazine rings is 1. The predicted molar refractivity (Wildman–Crippen MR) is 90.9 cm³/mol. The van der Waals surface area contributed by atoms with Gasteiger partial charge in [-0.3, -0.25) is 9.59 Å². The molecule has 1 aliphatic rings. The number of amides is 2. The van der Waals surface area contributed by atoms with Crippen molar-refractivity contribution in [3.05, 3.63) is 71.2 Å². The summed E-state index contributed by atoms with van der Waals surface area (Å²) in [6.07, 6.45) is 1.65. The van der Waals surface area contributed by atoms with E-state index in [9.17, 15) is 14.0 Å². The lowest BCUT2D eigenvalue weighted by atomic mass is 10.1. The van der Waals surface area contributed by atoms with Crippen LogP contribution >= 0.6 is 0 Å². The van der Waals surface area contributed by atoms with Crippen LogP contribution in [0.4, 0.5) is 4.39 Å². The summed E-state index contributed by atoms with van der Waals surface area (Å²) in [5.41, 5.74) is 1.76. The fourth-order valence-corrected chi connectivity index (χ4v) is 2.55. The molecule has 1 heterocycles. The number of hydrogen-bond acceptors (Lipinski definition) is 3. The molecule has 0 unspecified atom stereocenters. The molecule has 0 atom stereocenters. The van der Waals surface area contributed by atoms with Crippen molar-refractivity contribution in [1.29, 1.82) is 0 Å². The molecule has 0 radical (unpaired) electrons. The van der Waals surface area contributed by atoms with Crippen molar-refractivity contribution in [2.45, 2.75) is 6.54 Å². The summed E-state index contributed by atoms with van der Waals surface area (Å²) in [6, 6.07) is 13.0. The first kappa shape index (κ1) is 16.7. The van der Waals surface area contributed by atoms with E-state index in [2.05, 4.69) is 5.32 Å². The van der Waals surface area contributed by atoms with Crippen molar-refractivity contribution in [2.24, 2.45) is 0 Å². The van der Waals surface area contributed by atoms with Gasteiger partial charge in [-0.15, -0.1) is 0 Å². The Bertz CT molecular complexity index is 814. The summed E-state index contributed by atoms with van der Waals surface area (Å²) in [6.45, 7) is 0.147. The third-order valence-electron chi connectivity index (χ3n) is 3.90. The minimum Gasteiger partial charge on any atom is -0.497 e. The van der Waals surface area contributed by atoms with Gasteiger partial charge in [0.15, 0.2) is 0 Å². The molecule has 1 aliphatic heterocycles. The second kappa shape index (κ2) is 7.17. The van der Waals surface area contributed by atoms with E-state index >= 15 is 0 Å². The highest BCUT2D eigenvalue weighted by molar-refractivity contribution is 6.05. The Morgan fingerprint density at radius 2 is 1.80 bits per heavy atom. The lowest BCUT2D eigenvalue weighted by Crippen LogP contribution is -2.49. The largest absolute Gasteiger partial charge is 0.497 e. The second-order valence-electron chi connectivity index (χ2n) is 5.59. The van der Waals surface area contributed by atoms with E-state index in [1.807, 2.05) is 0 Å². The Morgan fingerprint density at radius 3 is 2.44 bits per heavy atom. The first-order valence-electron chi connectivity index (χ1n) is 7.75. The minimum absolute atomic E-state index is 0.0556. The molecular formula is C19H17FN2O3. The van der Waals surface area contributed by atoms with Crippen molar-refractivity contribution in [3.8, 4) is 5.75 Å². The normalized spacial score (nSPS) is 16.1. The molecule has 3 rings (SSSR count). The summed E-state index contributed by atoms with van der Waals surface area (Å²) in [5.74, 6) is -0.184. The molecule has 6 heteroatoms. The van der Waals surface area contributed by atoms with Crippen LogP contribution in [0.1, 0.15) is 11.1 Å². The van der Waals surface area contributed by atoms with Crippen LogP contribution in [0.15, 0.2) is 54.2 Å². The fraction of sp³-hybridized carbons (Fsp3) is 0.158. The number of carbonyl (C=O) groups is 2. The summed E-state index contributed by atoms with van der Waals surface area (Å²) in [7, 11) is 1.57. The third kappa shape index (κ3) is 3.85. The molecule has 0 spiro atoms. The van der Waals surface area contributed by atoms with Crippen molar-refractivity contribution in [1.82, 2.24) is 10.2 Å². The summed E-state index contributed by atoms with van der Waals surface area (Å²) >= 11 is 0. The fourth-order valence-electron chi connectivity index (χ4n) is 2.55. The number of nitrogens with one attached hydrogen (secondary N) is 1. The van der Waals surface area contributed by atoms with E-state index in [4.69, 9.17) is 4.74 Å². The Hall–Kier alpha value is -3.15. The highest BCUT2D eigenvalue weighted by Crippen LogP contribution is 2.20. The summed E-state index contributed by atoms with van der Waals surface area (Å²) < 4.78 is 18.2. The van der Waals surface area contributed by atoms with Gasteiger partial charge in [0.05, 0.1) is 20.2 Å². The standard InChI is InChI=1S/C19H17FN2O3/c1-25-16-8-4-13(5-9-16)10-17-19(24)21-11-18(23)22(17)12-14-2-6-15(20)7-3-14/h2-10H,11-12H2,1H3,(H,21,24). The first-order chi connectivity index (χ1) is 12.1. The first-order valence-corrected chi connectivity index (χ1v) is 7.75. The Labute approximate surface area is 144 Å². The van der Waals surface area contributed by atoms with Gasteiger partial charge in [0.2, 0.25) is 5.91 Å². The van der Waals surface area contributed by atoms with Gasteiger partial charge in [-0.25, -0.2) is 4.39 Å². The maximum Gasteiger partial charge on any atom is 0.268 e. The van der Waals surface area contributed by atoms with Crippen molar-refractivity contribution in [2.75, 3.05) is 13.7 Å². The molecule has 128 valence electrons. The molecule has 25 heavy (non-hydrogen) atoms. The number of benzene rings is 2. The maximum atomic E-state index is 13.1. The van der Waals surface area contributed by atoms with Gasteiger partial charge >= 0.3 is 0 Å².